The Morgan fingerprint density at radius 1 is 1.03 bits per heavy atom. The predicted molar refractivity (Wildman–Crippen MR) is 140 cm³/mol. The molecule has 0 bridgehead atoms. The molecule has 0 radical (unpaired) electrons. The number of amides is 1. The zero-order valence-electron chi connectivity index (χ0n) is 20.9. The van der Waals surface area contributed by atoms with Crippen LogP contribution in [0.5, 0.6) is 0 Å². The maximum absolute atomic E-state index is 13.8. The average Bonchev–Trinajstić information content (AvgIpc) is 2.91. The first-order chi connectivity index (χ1) is 17.5. The summed E-state index contributed by atoms with van der Waals surface area (Å²) >= 11 is 0. The van der Waals surface area contributed by atoms with Crippen molar-refractivity contribution in [1.29, 1.82) is 0 Å². The molecule has 10 nitrogen and oxygen atoms in total. The molecule has 4 rings (SSSR count). The number of hydrogen-bond acceptors (Lipinski definition) is 9. The molecule has 1 amide bonds. The van der Waals surface area contributed by atoms with Crippen LogP contribution in [0.25, 0.3) is 17.1 Å². The fourth-order valence-electron chi connectivity index (χ4n) is 3.36. The first kappa shape index (κ1) is 28.1. The Morgan fingerprint density at radius 2 is 1.78 bits per heavy atom. The number of piperidine rings is 1. The number of rotatable bonds is 5. The number of hydrogen-bond donors (Lipinski definition) is 4. The van der Waals surface area contributed by atoms with Crippen LogP contribution in [0.2, 0.25) is 0 Å². The molecule has 36 heavy (non-hydrogen) atoms. The van der Waals surface area contributed by atoms with Gasteiger partial charge < -0.3 is 21.4 Å². The number of aromatic nitrogens is 4. The summed E-state index contributed by atoms with van der Waals surface area (Å²) in [6.07, 6.45) is 11.2. The summed E-state index contributed by atoms with van der Waals surface area (Å²) < 4.78 is 13.8. The van der Waals surface area contributed by atoms with Gasteiger partial charge in [0.05, 0.1) is 17.6 Å². The lowest BCUT2D eigenvalue weighted by atomic mass is 10.1. The van der Waals surface area contributed by atoms with Gasteiger partial charge in [-0.3, -0.25) is 20.6 Å². The lowest BCUT2D eigenvalue weighted by Crippen LogP contribution is -2.33. The predicted octanol–water partition coefficient (Wildman–Crippen LogP) is 3.58. The molecule has 1 saturated heterocycles. The van der Waals surface area contributed by atoms with Gasteiger partial charge >= 0.3 is 0 Å². The number of carbonyl (C=O) groups is 1. The van der Waals surface area contributed by atoms with Gasteiger partial charge in [0.1, 0.15) is 23.7 Å². The Morgan fingerprint density at radius 3 is 2.39 bits per heavy atom. The number of nitrogens with two attached hydrogens (primary N) is 2. The SMILES string of the molecule is CC.CC(=O)N1CCCCC1.NN/C=C(\N)c1cc(F)cc(Nc2cc(-c3cnccn3)ncn2)c1. The summed E-state index contributed by atoms with van der Waals surface area (Å²) in [4.78, 5) is 29.1. The Kier molecular flexibility index (Phi) is 11.7. The third-order valence-corrected chi connectivity index (χ3v) is 5.04. The Balaban J connectivity index is 0.000000347. The summed E-state index contributed by atoms with van der Waals surface area (Å²) in [6, 6.07) is 6.00. The highest BCUT2D eigenvalue weighted by molar-refractivity contribution is 5.73. The van der Waals surface area contributed by atoms with E-state index < -0.39 is 5.82 Å². The smallest absolute Gasteiger partial charge is 0.219 e. The van der Waals surface area contributed by atoms with Crippen molar-refractivity contribution >= 4 is 23.1 Å². The summed E-state index contributed by atoms with van der Waals surface area (Å²) in [6.45, 7) is 7.61. The molecule has 1 fully saturated rings. The number of benzene rings is 1. The van der Waals surface area contributed by atoms with Gasteiger partial charge in [0, 0.05) is 55.9 Å². The topological polar surface area (TPSA) is 148 Å². The third kappa shape index (κ3) is 8.91. The van der Waals surface area contributed by atoms with Gasteiger partial charge in [-0.05, 0) is 37.5 Å². The minimum absolute atomic E-state index is 0.231. The number of hydrazine groups is 1. The van der Waals surface area contributed by atoms with E-state index in [0.29, 0.717) is 34.2 Å². The van der Waals surface area contributed by atoms with Gasteiger partial charge in [-0.25, -0.2) is 14.4 Å². The van der Waals surface area contributed by atoms with Crippen molar-refractivity contribution in [3.8, 4) is 11.4 Å². The number of likely N-dealkylation sites (tertiary alicyclic amines) is 1. The molecule has 0 unspecified atom stereocenters. The largest absolute Gasteiger partial charge is 0.397 e. The standard InChI is InChI=1S/C16H15FN8.C7H13NO.C2H6/c17-11-3-10(13(18)7-24-19)4-12(5-11)25-16-6-14(22-9-23-16)15-8-20-1-2-21-15;1-7(9)8-5-3-2-4-6-8;1-2/h1-9,24H,18-19H2,(H,22,23,25);2-6H2,1H3;1-2H3/b13-7-;;. The Hall–Kier alpha value is -4.12. The average molecular weight is 496 g/mol. The number of nitrogens with zero attached hydrogens (tertiary/aromatic N) is 5. The molecule has 1 aliphatic heterocycles. The van der Waals surface area contributed by atoms with E-state index in [9.17, 15) is 9.18 Å². The van der Waals surface area contributed by atoms with Gasteiger partial charge in [-0.2, -0.15) is 0 Å². The van der Waals surface area contributed by atoms with E-state index in [4.69, 9.17) is 11.6 Å². The first-order valence-electron chi connectivity index (χ1n) is 11.8. The van der Waals surface area contributed by atoms with Crippen LogP contribution in [0.1, 0.15) is 45.6 Å². The van der Waals surface area contributed by atoms with Gasteiger partial charge in [0.25, 0.3) is 0 Å². The van der Waals surface area contributed by atoms with Crippen molar-refractivity contribution in [2.75, 3.05) is 18.4 Å². The van der Waals surface area contributed by atoms with Gasteiger partial charge in [0.2, 0.25) is 5.91 Å². The van der Waals surface area contributed by atoms with Crippen molar-refractivity contribution in [2.24, 2.45) is 11.6 Å². The zero-order valence-corrected chi connectivity index (χ0v) is 20.9. The highest BCUT2D eigenvalue weighted by Gasteiger charge is 2.11. The summed E-state index contributed by atoms with van der Waals surface area (Å²) in [5.74, 6) is 5.46. The van der Waals surface area contributed by atoms with Crippen molar-refractivity contribution in [3.05, 3.63) is 66.8 Å². The van der Waals surface area contributed by atoms with Crippen LogP contribution in [0, 0.1) is 5.82 Å². The molecule has 0 aliphatic carbocycles. The molecule has 3 heterocycles. The van der Waals surface area contributed by atoms with Gasteiger partial charge in [-0.1, -0.05) is 13.8 Å². The summed E-state index contributed by atoms with van der Waals surface area (Å²) in [5.41, 5.74) is 10.6. The molecule has 0 saturated carbocycles. The summed E-state index contributed by atoms with van der Waals surface area (Å²) in [7, 11) is 0. The summed E-state index contributed by atoms with van der Waals surface area (Å²) in [5, 5.41) is 3.02. The molecule has 192 valence electrons. The second kappa shape index (κ2) is 15.0. The second-order valence-corrected chi connectivity index (χ2v) is 7.57. The van der Waals surface area contributed by atoms with E-state index in [0.717, 1.165) is 13.1 Å². The lowest BCUT2D eigenvalue weighted by molar-refractivity contribution is -0.129. The fourth-order valence-corrected chi connectivity index (χ4v) is 3.36. The molecule has 1 aromatic carbocycles. The van der Waals surface area contributed by atoms with Crippen molar-refractivity contribution < 1.29 is 9.18 Å². The van der Waals surface area contributed by atoms with Crippen LogP contribution < -0.4 is 22.3 Å². The maximum Gasteiger partial charge on any atom is 0.219 e. The zero-order chi connectivity index (χ0) is 26.3. The van der Waals surface area contributed by atoms with E-state index in [1.165, 1.54) is 43.9 Å². The van der Waals surface area contributed by atoms with Crippen LogP contribution in [-0.4, -0.2) is 43.8 Å². The van der Waals surface area contributed by atoms with E-state index in [2.05, 4.69) is 30.7 Å². The molecule has 3 aromatic rings. The van der Waals surface area contributed by atoms with Crippen LogP contribution in [0.3, 0.4) is 0 Å². The maximum atomic E-state index is 13.8. The second-order valence-electron chi connectivity index (χ2n) is 7.57. The van der Waals surface area contributed by atoms with Crippen LogP contribution in [-0.2, 0) is 4.79 Å². The molecule has 0 spiro atoms. The van der Waals surface area contributed by atoms with Crippen LogP contribution in [0.15, 0.2) is 55.4 Å². The van der Waals surface area contributed by atoms with E-state index in [1.54, 1.807) is 37.6 Å². The normalized spacial score (nSPS) is 12.9. The quantitative estimate of drug-likeness (QED) is 0.308. The molecule has 1 aliphatic rings. The van der Waals surface area contributed by atoms with Crippen LogP contribution >= 0.6 is 0 Å². The number of halogens is 1. The molecule has 0 atom stereocenters. The van der Waals surface area contributed by atoms with Crippen molar-refractivity contribution in [3.63, 3.8) is 0 Å². The number of nitrogens with one attached hydrogen (secondary N) is 2. The fraction of sp³-hybridized carbons (Fsp3) is 0.320. The van der Waals surface area contributed by atoms with E-state index in [-0.39, 0.29) is 5.91 Å². The van der Waals surface area contributed by atoms with Gasteiger partial charge in [0.15, 0.2) is 0 Å². The Bertz CT molecular complexity index is 1120. The van der Waals surface area contributed by atoms with Crippen molar-refractivity contribution in [1.82, 2.24) is 30.3 Å². The number of anilines is 2. The molecule has 6 N–H and O–H groups in total. The van der Waals surface area contributed by atoms with Crippen molar-refractivity contribution in [2.45, 2.75) is 40.0 Å². The first-order valence-corrected chi connectivity index (χ1v) is 11.8. The highest BCUT2D eigenvalue weighted by atomic mass is 19.1. The van der Waals surface area contributed by atoms with E-state index in [1.807, 2.05) is 18.7 Å². The molecule has 2 aromatic heterocycles. The Labute approximate surface area is 211 Å². The lowest BCUT2D eigenvalue weighted by Gasteiger charge is -2.24. The third-order valence-electron chi connectivity index (χ3n) is 5.04. The van der Waals surface area contributed by atoms with Crippen LogP contribution in [0.4, 0.5) is 15.9 Å². The number of carbonyl (C=O) groups excluding carboxylic acids is 1. The monoisotopic (exact) mass is 495 g/mol. The molecule has 11 heteroatoms. The van der Waals surface area contributed by atoms with Gasteiger partial charge in [-0.15, -0.1) is 0 Å². The molecular weight excluding hydrogens is 461 g/mol. The molecular formula is C25H34FN9O. The minimum Gasteiger partial charge on any atom is -0.397 e. The van der Waals surface area contributed by atoms with E-state index >= 15 is 0 Å². The minimum atomic E-state index is -0.448. The highest BCUT2D eigenvalue weighted by Crippen LogP contribution is 2.22.